The summed E-state index contributed by atoms with van der Waals surface area (Å²) in [4.78, 5) is 0. The van der Waals surface area contributed by atoms with Crippen LogP contribution in [0.2, 0.25) is 0 Å². The summed E-state index contributed by atoms with van der Waals surface area (Å²) in [6.45, 7) is 3.94. The van der Waals surface area contributed by atoms with Gasteiger partial charge in [0.15, 0.2) is 0 Å². The summed E-state index contributed by atoms with van der Waals surface area (Å²) < 4.78 is 14.1. The van der Waals surface area contributed by atoms with Crippen LogP contribution in [0.25, 0.3) is 0 Å². The number of hydrogen-bond donors (Lipinski definition) is 2. The van der Waals surface area contributed by atoms with Crippen molar-refractivity contribution >= 4 is 21.6 Å². The summed E-state index contributed by atoms with van der Waals surface area (Å²) in [5, 5.41) is 12.6. The molecule has 1 aromatic carbocycles. The molecule has 0 radical (unpaired) electrons. The van der Waals surface area contributed by atoms with E-state index in [4.69, 9.17) is 0 Å². The molecule has 0 heterocycles. The summed E-state index contributed by atoms with van der Waals surface area (Å²) in [5.74, 6) is -0.323. The summed E-state index contributed by atoms with van der Waals surface area (Å²) in [5.41, 5.74) is -0.397. The molecule has 0 saturated carbocycles. The Morgan fingerprint density at radius 1 is 1.53 bits per heavy atom. The Morgan fingerprint density at radius 2 is 2.20 bits per heavy atom. The van der Waals surface area contributed by atoms with Crippen molar-refractivity contribution < 1.29 is 9.50 Å². The highest BCUT2D eigenvalue weighted by Crippen LogP contribution is 2.20. The Hall–Kier alpha value is -0.610. The number of benzene rings is 1. The molecule has 0 aliphatic heterocycles. The molecule has 84 valence electrons. The lowest BCUT2D eigenvalue weighted by Crippen LogP contribution is -2.32. The lowest BCUT2D eigenvalue weighted by molar-refractivity contribution is 0.0697. The van der Waals surface area contributed by atoms with Gasteiger partial charge < -0.3 is 10.4 Å². The Labute approximate surface area is 97.6 Å². The highest BCUT2D eigenvalue weighted by molar-refractivity contribution is 9.10. The third-order valence-corrected chi connectivity index (χ3v) is 2.85. The van der Waals surface area contributed by atoms with Gasteiger partial charge in [-0.05, 0) is 31.5 Å². The molecule has 0 bridgehead atoms. The van der Waals surface area contributed by atoms with Crippen LogP contribution >= 0.6 is 15.9 Å². The van der Waals surface area contributed by atoms with Gasteiger partial charge in [0, 0.05) is 11.0 Å². The van der Waals surface area contributed by atoms with Crippen LogP contribution in [0.3, 0.4) is 0 Å². The van der Waals surface area contributed by atoms with Crippen molar-refractivity contribution in [3.8, 4) is 0 Å². The van der Waals surface area contributed by atoms with Crippen molar-refractivity contribution in [1.82, 2.24) is 0 Å². The van der Waals surface area contributed by atoms with Gasteiger partial charge in [0.05, 0.1) is 11.3 Å². The van der Waals surface area contributed by atoms with Crippen molar-refractivity contribution in [3.63, 3.8) is 0 Å². The van der Waals surface area contributed by atoms with E-state index in [9.17, 15) is 9.50 Å². The van der Waals surface area contributed by atoms with E-state index < -0.39 is 5.60 Å². The second-order valence-electron chi connectivity index (χ2n) is 3.83. The van der Waals surface area contributed by atoms with E-state index in [1.807, 2.05) is 6.92 Å². The summed E-state index contributed by atoms with van der Waals surface area (Å²) >= 11 is 3.18. The molecule has 0 aliphatic rings. The second kappa shape index (κ2) is 4.94. The van der Waals surface area contributed by atoms with Crippen LogP contribution in [-0.4, -0.2) is 17.3 Å². The molecule has 2 N–H and O–H groups in total. The summed E-state index contributed by atoms with van der Waals surface area (Å²) in [7, 11) is 0. The minimum absolute atomic E-state index is 0.323. The molecule has 0 spiro atoms. The van der Waals surface area contributed by atoms with Crippen LogP contribution in [0.15, 0.2) is 22.7 Å². The molecule has 1 aromatic rings. The van der Waals surface area contributed by atoms with Gasteiger partial charge in [0.25, 0.3) is 0 Å². The molecule has 0 fully saturated rings. The zero-order chi connectivity index (χ0) is 11.5. The number of anilines is 1. The van der Waals surface area contributed by atoms with Crippen LogP contribution in [0, 0.1) is 5.82 Å². The zero-order valence-corrected chi connectivity index (χ0v) is 10.4. The lowest BCUT2D eigenvalue weighted by Gasteiger charge is -2.22. The monoisotopic (exact) mass is 275 g/mol. The summed E-state index contributed by atoms with van der Waals surface area (Å²) in [6.07, 6.45) is 0.623. The average Bonchev–Trinajstić information content (AvgIpc) is 2.16. The molecule has 0 saturated heterocycles. The molecule has 2 nitrogen and oxygen atoms in total. The van der Waals surface area contributed by atoms with Crippen LogP contribution in [0.1, 0.15) is 20.3 Å². The van der Waals surface area contributed by atoms with E-state index in [1.165, 1.54) is 6.07 Å². The number of aliphatic hydroxyl groups is 1. The number of rotatable bonds is 4. The smallest absolute Gasteiger partial charge is 0.147 e. The highest BCUT2D eigenvalue weighted by atomic mass is 79.9. The first kappa shape index (κ1) is 12.5. The van der Waals surface area contributed by atoms with Gasteiger partial charge in [-0.3, -0.25) is 0 Å². The second-order valence-corrected chi connectivity index (χ2v) is 4.74. The molecule has 1 atom stereocenters. The molecule has 0 aromatic heterocycles. The molecule has 4 heteroatoms. The Balaban J connectivity index is 2.66. The van der Waals surface area contributed by atoms with Crippen LogP contribution in [-0.2, 0) is 0 Å². The molecule has 0 amide bonds. The molecule has 0 aliphatic carbocycles. The molecular weight excluding hydrogens is 261 g/mol. The maximum atomic E-state index is 13.4. The zero-order valence-electron chi connectivity index (χ0n) is 8.85. The first-order valence-corrected chi connectivity index (χ1v) is 5.65. The van der Waals surface area contributed by atoms with Gasteiger partial charge in [-0.25, -0.2) is 4.39 Å². The van der Waals surface area contributed by atoms with E-state index in [1.54, 1.807) is 19.1 Å². The Morgan fingerprint density at radius 3 is 2.73 bits per heavy atom. The molecule has 1 unspecified atom stereocenters. The van der Waals surface area contributed by atoms with E-state index >= 15 is 0 Å². The Bertz CT molecular complexity index is 341. The van der Waals surface area contributed by atoms with E-state index in [0.29, 0.717) is 23.1 Å². The predicted octanol–water partition coefficient (Wildman–Crippen LogP) is 3.16. The third kappa shape index (κ3) is 3.80. The first-order valence-electron chi connectivity index (χ1n) is 4.86. The maximum absolute atomic E-state index is 13.4. The van der Waals surface area contributed by atoms with Gasteiger partial charge in [-0.1, -0.05) is 22.9 Å². The quantitative estimate of drug-likeness (QED) is 0.885. The molecule has 15 heavy (non-hydrogen) atoms. The fraction of sp³-hybridized carbons (Fsp3) is 0.455. The fourth-order valence-electron chi connectivity index (χ4n) is 1.04. The van der Waals surface area contributed by atoms with Crippen molar-refractivity contribution in [2.75, 3.05) is 11.9 Å². The van der Waals surface area contributed by atoms with E-state index in [-0.39, 0.29) is 5.82 Å². The van der Waals surface area contributed by atoms with Gasteiger partial charge in [-0.15, -0.1) is 0 Å². The summed E-state index contributed by atoms with van der Waals surface area (Å²) in [6, 6.07) is 4.79. The van der Waals surface area contributed by atoms with Crippen LogP contribution in [0.4, 0.5) is 10.1 Å². The fourth-order valence-corrected chi connectivity index (χ4v) is 1.38. The lowest BCUT2D eigenvalue weighted by atomic mass is 10.0. The van der Waals surface area contributed by atoms with Gasteiger partial charge in [0.2, 0.25) is 0 Å². The standard InChI is InChI=1S/C11H15BrFNO/c1-3-11(2,15)7-14-10-5-4-8(12)6-9(10)13/h4-6,14-15H,3,7H2,1-2H3. The predicted molar refractivity (Wildman–Crippen MR) is 63.5 cm³/mol. The number of halogens is 2. The third-order valence-electron chi connectivity index (χ3n) is 2.35. The van der Waals surface area contributed by atoms with E-state index in [2.05, 4.69) is 21.2 Å². The van der Waals surface area contributed by atoms with E-state index in [0.717, 1.165) is 0 Å². The minimum atomic E-state index is -0.806. The van der Waals surface area contributed by atoms with Gasteiger partial charge >= 0.3 is 0 Å². The maximum Gasteiger partial charge on any atom is 0.147 e. The van der Waals surface area contributed by atoms with Crippen LogP contribution in [0.5, 0.6) is 0 Å². The SMILES string of the molecule is CCC(C)(O)CNc1ccc(Br)cc1F. The molecule has 1 rings (SSSR count). The largest absolute Gasteiger partial charge is 0.388 e. The van der Waals surface area contributed by atoms with Crippen molar-refractivity contribution in [3.05, 3.63) is 28.5 Å². The van der Waals surface area contributed by atoms with Crippen molar-refractivity contribution in [2.24, 2.45) is 0 Å². The number of nitrogens with one attached hydrogen (secondary N) is 1. The highest BCUT2D eigenvalue weighted by Gasteiger charge is 2.17. The van der Waals surface area contributed by atoms with Crippen molar-refractivity contribution in [1.29, 1.82) is 0 Å². The topological polar surface area (TPSA) is 32.3 Å². The van der Waals surface area contributed by atoms with Crippen molar-refractivity contribution in [2.45, 2.75) is 25.9 Å². The van der Waals surface area contributed by atoms with Gasteiger partial charge in [0.1, 0.15) is 5.82 Å². The first-order chi connectivity index (χ1) is 6.94. The van der Waals surface area contributed by atoms with Crippen LogP contribution < -0.4 is 5.32 Å². The molecular formula is C11H15BrFNO. The Kier molecular flexibility index (Phi) is 4.11. The number of hydrogen-bond acceptors (Lipinski definition) is 2. The van der Waals surface area contributed by atoms with Gasteiger partial charge in [-0.2, -0.15) is 0 Å². The minimum Gasteiger partial charge on any atom is -0.388 e. The normalized spacial score (nSPS) is 14.7. The average molecular weight is 276 g/mol.